The molecule has 9 nitrogen and oxygen atoms in total. The number of hydrogen-bond acceptors (Lipinski definition) is 8. The number of rotatable bonds is 9. The first-order valence-electron chi connectivity index (χ1n) is 15.3. The van der Waals surface area contributed by atoms with Crippen molar-refractivity contribution in [2.24, 2.45) is 0 Å². The van der Waals surface area contributed by atoms with Gasteiger partial charge in [0.15, 0.2) is 17.6 Å². The molecule has 4 aromatic rings. The maximum absolute atomic E-state index is 13.4. The van der Waals surface area contributed by atoms with Crippen LogP contribution in [0.15, 0.2) is 84.9 Å². The average molecular weight is 654 g/mol. The van der Waals surface area contributed by atoms with Crippen LogP contribution in [0, 0.1) is 11.3 Å². The van der Waals surface area contributed by atoms with Crippen LogP contribution in [0.2, 0.25) is 0 Å². The van der Waals surface area contributed by atoms with Crippen LogP contribution >= 0.6 is 12.4 Å². The van der Waals surface area contributed by atoms with Gasteiger partial charge in [-0.1, -0.05) is 48.5 Å². The van der Waals surface area contributed by atoms with Gasteiger partial charge in [0.2, 0.25) is 5.91 Å². The Morgan fingerprint density at radius 1 is 0.979 bits per heavy atom. The lowest BCUT2D eigenvalue weighted by Gasteiger charge is -2.31. The zero-order chi connectivity index (χ0) is 32.0. The second kappa shape index (κ2) is 15.0. The molecule has 2 N–H and O–H groups in total. The molecule has 242 valence electrons. The van der Waals surface area contributed by atoms with E-state index < -0.39 is 18.1 Å². The number of methoxy groups -OCH3 is 1. The van der Waals surface area contributed by atoms with Gasteiger partial charge in [0, 0.05) is 13.0 Å². The molecular weight excluding hydrogens is 618 g/mol. The Bertz CT molecular complexity index is 1750. The van der Waals surface area contributed by atoms with Crippen molar-refractivity contribution in [2.75, 3.05) is 20.3 Å². The fourth-order valence-electron chi connectivity index (χ4n) is 5.79. The predicted octanol–water partition coefficient (Wildman–Crippen LogP) is 5.47. The van der Waals surface area contributed by atoms with Gasteiger partial charge in [-0.3, -0.25) is 4.79 Å². The highest BCUT2D eigenvalue weighted by Gasteiger charge is 2.31. The maximum Gasteiger partial charge on any atom is 0.328 e. The topological polar surface area (TPSA) is 119 Å². The molecule has 3 unspecified atom stereocenters. The third kappa shape index (κ3) is 7.68. The largest absolute Gasteiger partial charge is 0.494 e. The molecule has 0 saturated carbocycles. The molecular formula is C37H36ClN3O6. The first-order valence-corrected chi connectivity index (χ1v) is 15.3. The van der Waals surface area contributed by atoms with E-state index >= 15 is 0 Å². The highest BCUT2D eigenvalue weighted by Crippen LogP contribution is 2.40. The predicted molar refractivity (Wildman–Crippen MR) is 179 cm³/mol. The van der Waals surface area contributed by atoms with Crippen LogP contribution in [0.1, 0.15) is 40.8 Å². The van der Waals surface area contributed by atoms with Crippen molar-refractivity contribution in [3.63, 3.8) is 0 Å². The van der Waals surface area contributed by atoms with Crippen molar-refractivity contribution in [1.29, 1.82) is 5.26 Å². The Balaban J connectivity index is 0.00000433. The van der Waals surface area contributed by atoms with E-state index in [1.54, 1.807) is 12.1 Å². The van der Waals surface area contributed by atoms with Gasteiger partial charge in [0.05, 0.1) is 31.4 Å². The van der Waals surface area contributed by atoms with Crippen molar-refractivity contribution < 1.29 is 28.5 Å². The quantitative estimate of drug-likeness (QED) is 0.228. The summed E-state index contributed by atoms with van der Waals surface area (Å²) in [4.78, 5) is 26.1. The van der Waals surface area contributed by atoms with Crippen molar-refractivity contribution in [1.82, 2.24) is 10.6 Å². The summed E-state index contributed by atoms with van der Waals surface area (Å²) in [6.07, 6.45) is 0.482. The van der Waals surface area contributed by atoms with Crippen molar-refractivity contribution in [3.8, 4) is 34.4 Å². The molecule has 0 saturated heterocycles. The van der Waals surface area contributed by atoms with Gasteiger partial charge in [0.1, 0.15) is 18.4 Å². The molecule has 0 radical (unpaired) electrons. The summed E-state index contributed by atoms with van der Waals surface area (Å²) in [6.45, 7) is 3.41. The lowest BCUT2D eigenvalue weighted by Crippen LogP contribution is -2.53. The summed E-state index contributed by atoms with van der Waals surface area (Å²) in [7, 11) is 1.32. The van der Waals surface area contributed by atoms with E-state index in [0.29, 0.717) is 43.2 Å². The van der Waals surface area contributed by atoms with Crippen molar-refractivity contribution >= 4 is 24.3 Å². The highest BCUT2D eigenvalue weighted by atomic mass is 35.5. The first-order chi connectivity index (χ1) is 22.4. The number of esters is 1. The smallest absolute Gasteiger partial charge is 0.328 e. The molecule has 0 aromatic heterocycles. The number of hydrogen-bond donors (Lipinski definition) is 2. The molecule has 2 aliphatic heterocycles. The van der Waals surface area contributed by atoms with Gasteiger partial charge < -0.3 is 29.6 Å². The Hall–Kier alpha value is -5.04. The van der Waals surface area contributed by atoms with Gasteiger partial charge in [-0.15, -0.1) is 12.4 Å². The molecule has 2 aliphatic rings. The van der Waals surface area contributed by atoms with Gasteiger partial charge in [-0.25, -0.2) is 4.79 Å². The molecule has 3 atom stereocenters. The second-order valence-electron chi connectivity index (χ2n) is 11.3. The number of carbonyl (C=O) groups is 2. The van der Waals surface area contributed by atoms with E-state index in [1.807, 2.05) is 79.7 Å². The van der Waals surface area contributed by atoms with Crippen LogP contribution in [0.4, 0.5) is 0 Å². The van der Waals surface area contributed by atoms with Crippen molar-refractivity contribution in [2.45, 2.75) is 44.5 Å². The summed E-state index contributed by atoms with van der Waals surface area (Å²) in [5.74, 6) is 1.35. The van der Waals surface area contributed by atoms with E-state index in [0.717, 1.165) is 39.1 Å². The molecule has 0 bridgehead atoms. The number of nitriles is 1. The lowest BCUT2D eigenvalue weighted by atomic mass is 9.94. The fourth-order valence-corrected chi connectivity index (χ4v) is 5.79. The van der Waals surface area contributed by atoms with E-state index in [4.69, 9.17) is 24.2 Å². The Morgan fingerprint density at radius 2 is 1.66 bits per heavy atom. The summed E-state index contributed by atoms with van der Waals surface area (Å²) in [6, 6.07) is 27.6. The zero-order valence-electron chi connectivity index (χ0n) is 26.2. The molecule has 10 heteroatoms. The molecule has 2 heterocycles. The van der Waals surface area contributed by atoms with Crippen LogP contribution in [0.5, 0.6) is 17.2 Å². The molecule has 0 fully saturated rings. The minimum absolute atomic E-state index is 0. The number of nitrogens with one attached hydrogen (secondary N) is 2. The number of carbonyl (C=O) groups excluding carboxylic acids is 2. The third-order valence-electron chi connectivity index (χ3n) is 8.31. The molecule has 4 aromatic carbocycles. The number of fused-ring (bicyclic) bond motifs is 2. The summed E-state index contributed by atoms with van der Waals surface area (Å²) in [5.41, 5.74) is 6.48. The van der Waals surface area contributed by atoms with Crippen LogP contribution in [0.25, 0.3) is 11.1 Å². The normalized spacial score (nSPS) is 16.8. The minimum Gasteiger partial charge on any atom is -0.494 e. The molecule has 0 spiro atoms. The lowest BCUT2D eigenvalue weighted by molar-refractivity contribution is -0.145. The van der Waals surface area contributed by atoms with Gasteiger partial charge >= 0.3 is 5.97 Å². The number of amides is 1. The first kappa shape index (κ1) is 33.3. The van der Waals surface area contributed by atoms with E-state index in [-0.39, 0.29) is 30.8 Å². The van der Waals surface area contributed by atoms with E-state index in [9.17, 15) is 9.59 Å². The SMILES string of the molecule is CCOc1ccc(C2COc3cc4c(cc3O2)CNC(C(=O)NC(Cc2ccc(-c3ccc(C#N)cc3)cc2)C(=O)OC)C4)cc1.Cl. The monoisotopic (exact) mass is 653 g/mol. The Labute approximate surface area is 280 Å². The summed E-state index contributed by atoms with van der Waals surface area (Å²) < 4.78 is 23.0. The standard InChI is InChI=1S/C37H35N3O6.ClH/c1-3-44-30-14-12-27(13-15-30)35-22-45-33-18-28-17-31(39-21-29(28)19-34(33)46-35)36(41)40-32(37(42)43-2)16-23-4-8-25(9-5-23)26-10-6-24(20-38)7-11-26;/h4-15,18-19,31-32,35,39H,3,16-17,21-22H2,1-2H3,(H,40,41);1H. The minimum atomic E-state index is -0.846. The van der Waals surface area contributed by atoms with Gasteiger partial charge in [-0.05, 0) is 83.1 Å². The molecule has 0 aliphatic carbocycles. The van der Waals surface area contributed by atoms with Crippen molar-refractivity contribution in [3.05, 3.63) is 113 Å². The Kier molecular flexibility index (Phi) is 10.7. The number of ether oxygens (including phenoxy) is 4. The molecule has 1 amide bonds. The number of nitrogens with zero attached hydrogens (tertiary/aromatic N) is 1. The summed E-state index contributed by atoms with van der Waals surface area (Å²) in [5, 5.41) is 15.3. The van der Waals surface area contributed by atoms with Gasteiger partial charge in [-0.2, -0.15) is 5.26 Å². The van der Waals surface area contributed by atoms with Crippen LogP contribution in [-0.4, -0.2) is 44.3 Å². The Morgan fingerprint density at radius 3 is 2.32 bits per heavy atom. The van der Waals surface area contributed by atoms with Crippen LogP contribution < -0.4 is 24.8 Å². The molecule has 47 heavy (non-hydrogen) atoms. The maximum atomic E-state index is 13.4. The average Bonchev–Trinajstić information content (AvgIpc) is 3.10. The number of halogens is 1. The van der Waals surface area contributed by atoms with Crippen LogP contribution in [-0.2, 0) is 33.7 Å². The van der Waals surface area contributed by atoms with E-state index in [1.165, 1.54) is 7.11 Å². The zero-order valence-corrected chi connectivity index (χ0v) is 27.0. The second-order valence-corrected chi connectivity index (χ2v) is 11.3. The van der Waals surface area contributed by atoms with Gasteiger partial charge in [0.25, 0.3) is 0 Å². The van der Waals surface area contributed by atoms with Crippen LogP contribution in [0.3, 0.4) is 0 Å². The third-order valence-corrected chi connectivity index (χ3v) is 8.31. The fraction of sp³-hybridized carbons (Fsp3) is 0.270. The highest BCUT2D eigenvalue weighted by molar-refractivity contribution is 5.88. The van der Waals surface area contributed by atoms with E-state index in [2.05, 4.69) is 16.7 Å². The summed E-state index contributed by atoms with van der Waals surface area (Å²) >= 11 is 0. The number of benzene rings is 4. The molecule has 6 rings (SSSR count).